The Morgan fingerprint density at radius 1 is 1.36 bits per heavy atom. The van der Waals surface area contributed by atoms with Gasteiger partial charge >= 0.3 is 0 Å². The molecule has 0 fully saturated rings. The predicted octanol–water partition coefficient (Wildman–Crippen LogP) is 1.06. The van der Waals surface area contributed by atoms with Crippen LogP contribution in [0.4, 0.5) is 0 Å². The van der Waals surface area contributed by atoms with Crippen LogP contribution in [0.25, 0.3) is 0 Å². The van der Waals surface area contributed by atoms with E-state index in [9.17, 15) is 0 Å². The minimum Gasteiger partial charge on any atom is -0.379 e. The first-order valence-electron chi connectivity index (χ1n) is 4.87. The van der Waals surface area contributed by atoms with Crippen LogP contribution in [0, 0.1) is 11.3 Å². The molecule has 0 radical (unpaired) electrons. The van der Waals surface area contributed by atoms with Crippen molar-refractivity contribution < 1.29 is 9.47 Å². The summed E-state index contributed by atoms with van der Waals surface area (Å²) in [5.74, 6) is 0. The van der Waals surface area contributed by atoms with Crippen LogP contribution >= 0.6 is 0 Å². The molecule has 0 aliphatic heterocycles. The van der Waals surface area contributed by atoms with E-state index in [0.29, 0.717) is 26.2 Å². The summed E-state index contributed by atoms with van der Waals surface area (Å²) in [4.78, 5) is 0. The highest BCUT2D eigenvalue weighted by Crippen LogP contribution is 2.02. The van der Waals surface area contributed by atoms with Gasteiger partial charge in [-0.2, -0.15) is 5.26 Å². The molecule has 0 aromatic heterocycles. The zero-order valence-electron chi connectivity index (χ0n) is 9.25. The van der Waals surface area contributed by atoms with Crippen molar-refractivity contribution in [2.75, 3.05) is 19.8 Å². The second-order valence-corrected chi connectivity index (χ2v) is 3.81. The fraction of sp³-hybridized carbons (Fsp3) is 0.900. The van der Waals surface area contributed by atoms with Gasteiger partial charge in [0, 0.05) is 13.0 Å². The van der Waals surface area contributed by atoms with E-state index in [1.54, 1.807) is 6.92 Å². The molecule has 0 saturated carbocycles. The Kier molecular flexibility index (Phi) is 6.46. The van der Waals surface area contributed by atoms with Gasteiger partial charge in [-0.05, 0) is 20.8 Å². The minimum atomic E-state index is -0.779. The molecule has 0 spiro atoms. The summed E-state index contributed by atoms with van der Waals surface area (Å²) in [5, 5.41) is 8.61. The quantitative estimate of drug-likeness (QED) is 0.624. The molecule has 0 aromatic carbocycles. The summed E-state index contributed by atoms with van der Waals surface area (Å²) in [6, 6.07) is 2.02. The molecule has 4 nitrogen and oxygen atoms in total. The highest BCUT2D eigenvalue weighted by molar-refractivity contribution is 5.00. The number of hydrogen-bond donors (Lipinski definition) is 1. The van der Waals surface area contributed by atoms with Gasteiger partial charge in [0.25, 0.3) is 0 Å². The van der Waals surface area contributed by atoms with E-state index in [0.717, 1.165) is 0 Å². The SMILES string of the molecule is CC(C)OCCOCCC(C)(N)C#N. The molecule has 0 rings (SSSR count). The molecule has 0 amide bonds. The highest BCUT2D eigenvalue weighted by atomic mass is 16.5. The molecule has 0 aromatic rings. The van der Waals surface area contributed by atoms with Crippen molar-refractivity contribution >= 4 is 0 Å². The molecule has 1 unspecified atom stereocenters. The lowest BCUT2D eigenvalue weighted by molar-refractivity contribution is 0.0170. The summed E-state index contributed by atoms with van der Waals surface area (Å²) < 4.78 is 10.5. The minimum absolute atomic E-state index is 0.234. The third-order valence-corrected chi connectivity index (χ3v) is 1.70. The number of rotatable bonds is 7. The molecule has 0 heterocycles. The smallest absolute Gasteiger partial charge is 0.103 e. The number of hydrogen-bond acceptors (Lipinski definition) is 4. The summed E-state index contributed by atoms with van der Waals surface area (Å²) in [5.41, 5.74) is 4.83. The molecular formula is C10H20N2O2. The van der Waals surface area contributed by atoms with Crippen LogP contribution in [0.15, 0.2) is 0 Å². The van der Waals surface area contributed by atoms with Crippen LogP contribution in [0.3, 0.4) is 0 Å². The first-order chi connectivity index (χ1) is 6.48. The summed E-state index contributed by atoms with van der Waals surface area (Å²) in [7, 11) is 0. The molecule has 0 aliphatic rings. The topological polar surface area (TPSA) is 68.3 Å². The number of nitriles is 1. The lowest BCUT2D eigenvalue weighted by Crippen LogP contribution is -2.35. The van der Waals surface area contributed by atoms with Gasteiger partial charge in [-0.1, -0.05) is 0 Å². The fourth-order valence-electron chi connectivity index (χ4n) is 0.785. The van der Waals surface area contributed by atoms with E-state index in [1.807, 2.05) is 19.9 Å². The van der Waals surface area contributed by atoms with Crippen molar-refractivity contribution in [2.24, 2.45) is 5.73 Å². The van der Waals surface area contributed by atoms with E-state index in [2.05, 4.69) is 0 Å². The maximum Gasteiger partial charge on any atom is 0.103 e. The Bertz CT molecular complexity index is 185. The number of nitrogens with two attached hydrogens (primary N) is 1. The van der Waals surface area contributed by atoms with Crippen LogP contribution in [0.1, 0.15) is 27.2 Å². The van der Waals surface area contributed by atoms with Crippen LogP contribution in [-0.2, 0) is 9.47 Å². The Morgan fingerprint density at radius 2 is 2.00 bits per heavy atom. The van der Waals surface area contributed by atoms with Gasteiger partial charge in [0.2, 0.25) is 0 Å². The Morgan fingerprint density at radius 3 is 2.50 bits per heavy atom. The Balaban J connectivity index is 3.27. The van der Waals surface area contributed by atoms with Crippen LogP contribution < -0.4 is 5.73 Å². The molecule has 14 heavy (non-hydrogen) atoms. The molecule has 1 atom stereocenters. The molecule has 2 N–H and O–H groups in total. The third kappa shape index (κ3) is 7.99. The van der Waals surface area contributed by atoms with Gasteiger partial charge < -0.3 is 15.2 Å². The van der Waals surface area contributed by atoms with Crippen molar-refractivity contribution in [3.63, 3.8) is 0 Å². The van der Waals surface area contributed by atoms with E-state index in [4.69, 9.17) is 20.5 Å². The summed E-state index contributed by atoms with van der Waals surface area (Å²) in [6.07, 6.45) is 0.781. The maximum atomic E-state index is 8.61. The van der Waals surface area contributed by atoms with Crippen molar-refractivity contribution in [1.29, 1.82) is 5.26 Å². The average molecular weight is 200 g/mol. The van der Waals surface area contributed by atoms with E-state index in [-0.39, 0.29) is 6.10 Å². The summed E-state index contributed by atoms with van der Waals surface area (Å²) in [6.45, 7) is 7.30. The van der Waals surface area contributed by atoms with Crippen molar-refractivity contribution in [1.82, 2.24) is 0 Å². The third-order valence-electron chi connectivity index (χ3n) is 1.70. The molecule has 4 heteroatoms. The van der Waals surface area contributed by atoms with Crippen molar-refractivity contribution in [2.45, 2.75) is 38.8 Å². The van der Waals surface area contributed by atoms with Gasteiger partial charge in [0.15, 0.2) is 0 Å². The van der Waals surface area contributed by atoms with Crippen LogP contribution in [0.5, 0.6) is 0 Å². The van der Waals surface area contributed by atoms with E-state index >= 15 is 0 Å². The standard InChI is InChI=1S/C10H20N2O2/c1-9(2)14-7-6-13-5-4-10(3,12)8-11/h9H,4-7,12H2,1-3H3. The van der Waals surface area contributed by atoms with Gasteiger partial charge in [-0.3, -0.25) is 0 Å². The lowest BCUT2D eigenvalue weighted by atomic mass is 10.0. The van der Waals surface area contributed by atoms with Crippen molar-refractivity contribution in [3.8, 4) is 6.07 Å². The molecule has 0 bridgehead atoms. The zero-order valence-corrected chi connectivity index (χ0v) is 9.25. The van der Waals surface area contributed by atoms with Gasteiger partial charge in [0.05, 0.1) is 25.4 Å². The molecular weight excluding hydrogens is 180 g/mol. The van der Waals surface area contributed by atoms with E-state index in [1.165, 1.54) is 0 Å². The Labute approximate surface area is 86.0 Å². The van der Waals surface area contributed by atoms with Gasteiger partial charge in [-0.15, -0.1) is 0 Å². The van der Waals surface area contributed by atoms with Crippen LogP contribution in [0.2, 0.25) is 0 Å². The number of nitrogens with zero attached hydrogens (tertiary/aromatic N) is 1. The molecule has 82 valence electrons. The fourth-order valence-corrected chi connectivity index (χ4v) is 0.785. The average Bonchev–Trinajstić information content (AvgIpc) is 2.10. The van der Waals surface area contributed by atoms with Crippen molar-refractivity contribution in [3.05, 3.63) is 0 Å². The largest absolute Gasteiger partial charge is 0.379 e. The summed E-state index contributed by atoms with van der Waals surface area (Å²) >= 11 is 0. The second-order valence-electron chi connectivity index (χ2n) is 3.81. The monoisotopic (exact) mass is 200 g/mol. The zero-order chi connectivity index (χ0) is 11.0. The maximum absolute atomic E-state index is 8.61. The van der Waals surface area contributed by atoms with Gasteiger partial charge in [0.1, 0.15) is 5.54 Å². The normalized spacial score (nSPS) is 15.1. The van der Waals surface area contributed by atoms with E-state index < -0.39 is 5.54 Å². The first kappa shape index (κ1) is 13.4. The van der Waals surface area contributed by atoms with Crippen LogP contribution in [-0.4, -0.2) is 31.5 Å². The second kappa shape index (κ2) is 6.77. The highest BCUT2D eigenvalue weighted by Gasteiger charge is 2.16. The molecule has 0 saturated heterocycles. The number of ether oxygens (including phenoxy) is 2. The Hall–Kier alpha value is -0.630. The lowest BCUT2D eigenvalue weighted by Gasteiger charge is -2.15. The molecule has 0 aliphatic carbocycles. The first-order valence-corrected chi connectivity index (χ1v) is 4.87. The predicted molar refractivity (Wildman–Crippen MR) is 54.7 cm³/mol. The van der Waals surface area contributed by atoms with Gasteiger partial charge in [-0.25, -0.2) is 0 Å².